The number of hydrogen-bond acceptors (Lipinski definition) is 5. The number of nitrogens with two attached hydrogens (primary N) is 1. The molecule has 0 bridgehead atoms. The number of rotatable bonds is 4. The smallest absolute Gasteiger partial charge is 0.364 e. The van der Waals surface area contributed by atoms with Crippen molar-refractivity contribution in [2.24, 2.45) is 10.7 Å². The number of benzene rings is 2. The van der Waals surface area contributed by atoms with Gasteiger partial charge in [-0.3, -0.25) is 19.5 Å². The van der Waals surface area contributed by atoms with Gasteiger partial charge in [0.25, 0.3) is 5.91 Å². The van der Waals surface area contributed by atoms with Gasteiger partial charge in [-0.25, -0.2) is 9.97 Å². The number of aryl methyl sites for hydroxylation is 1. The van der Waals surface area contributed by atoms with E-state index in [1.54, 1.807) is 18.2 Å². The molecular formula is C23H16F3N5O2. The third kappa shape index (κ3) is 3.25. The van der Waals surface area contributed by atoms with Crippen LogP contribution in [0.15, 0.2) is 53.5 Å². The minimum atomic E-state index is -4.54. The number of primary amides is 1. The molecule has 2 aliphatic rings. The van der Waals surface area contributed by atoms with E-state index in [2.05, 4.69) is 15.0 Å². The number of aliphatic imine (C=N–C) groups is 1. The Kier molecular flexibility index (Phi) is 4.39. The zero-order valence-corrected chi connectivity index (χ0v) is 17.2. The summed E-state index contributed by atoms with van der Waals surface area (Å²) < 4.78 is 40.0. The van der Waals surface area contributed by atoms with Crippen LogP contribution in [0.25, 0.3) is 11.4 Å². The summed E-state index contributed by atoms with van der Waals surface area (Å²) in [5.74, 6) is -0.823. The van der Waals surface area contributed by atoms with Crippen LogP contribution in [0, 0.1) is 6.92 Å². The highest BCUT2D eigenvalue weighted by molar-refractivity contribution is 6.09. The fourth-order valence-corrected chi connectivity index (χ4v) is 3.93. The lowest BCUT2D eigenvalue weighted by Crippen LogP contribution is -2.31. The van der Waals surface area contributed by atoms with Crippen LogP contribution in [0.2, 0.25) is 0 Å². The van der Waals surface area contributed by atoms with E-state index in [0.29, 0.717) is 16.8 Å². The normalized spacial score (nSPS) is 19.0. The van der Waals surface area contributed by atoms with Gasteiger partial charge in [-0.15, -0.1) is 0 Å². The molecule has 0 fully saturated rings. The van der Waals surface area contributed by atoms with Gasteiger partial charge in [0.1, 0.15) is 11.5 Å². The maximum absolute atomic E-state index is 13.3. The van der Waals surface area contributed by atoms with Crippen molar-refractivity contribution >= 4 is 29.5 Å². The van der Waals surface area contributed by atoms with Crippen molar-refractivity contribution in [2.45, 2.75) is 25.1 Å². The van der Waals surface area contributed by atoms with E-state index in [0.717, 1.165) is 11.8 Å². The summed E-state index contributed by atoms with van der Waals surface area (Å²) in [5, 5.41) is 0. The van der Waals surface area contributed by atoms with Gasteiger partial charge in [0.15, 0.2) is 5.82 Å². The highest BCUT2D eigenvalue weighted by Gasteiger charge is 2.61. The van der Waals surface area contributed by atoms with Crippen molar-refractivity contribution in [1.82, 2.24) is 9.97 Å². The summed E-state index contributed by atoms with van der Waals surface area (Å²) in [5.41, 5.74) is 5.28. The fourth-order valence-electron chi connectivity index (χ4n) is 3.93. The zero-order chi connectivity index (χ0) is 23.5. The largest absolute Gasteiger partial charge is 0.422 e. The Bertz CT molecular complexity index is 1340. The molecule has 0 saturated heterocycles. The number of nitrogens with zero attached hydrogens (tertiary/aromatic N) is 4. The Hall–Kier alpha value is -4.08. The van der Waals surface area contributed by atoms with Crippen molar-refractivity contribution < 1.29 is 22.8 Å². The maximum Gasteiger partial charge on any atom is 0.422 e. The average molecular weight is 451 g/mol. The standard InChI is InChI=1S/C23H16F3N5O2/c1-12-3-2-4-15(9-12)31-17(32)10-16-18(19(27)33)29-20(30-21(16)31)13-5-7-14(8-6-13)22(11-28-22)23(24,25)26/h2-9,11H,10H2,1H3,(H2,27,33). The molecule has 33 heavy (non-hydrogen) atoms. The van der Waals surface area contributed by atoms with Crippen molar-refractivity contribution in [3.05, 3.63) is 70.9 Å². The Labute approximate surface area is 185 Å². The van der Waals surface area contributed by atoms with Crippen LogP contribution in [0.3, 0.4) is 0 Å². The Balaban J connectivity index is 1.60. The third-order valence-electron chi connectivity index (χ3n) is 5.67. The van der Waals surface area contributed by atoms with Gasteiger partial charge < -0.3 is 5.73 Å². The summed E-state index contributed by atoms with van der Waals surface area (Å²) in [6, 6.07) is 12.6. The first-order valence-electron chi connectivity index (χ1n) is 9.95. The number of alkyl halides is 3. The Morgan fingerprint density at radius 1 is 1.12 bits per heavy atom. The van der Waals surface area contributed by atoms with E-state index in [4.69, 9.17) is 5.73 Å². The molecule has 3 heterocycles. The minimum Gasteiger partial charge on any atom is -0.364 e. The molecule has 3 aromatic rings. The molecule has 5 rings (SSSR count). The molecule has 166 valence electrons. The van der Waals surface area contributed by atoms with Crippen LogP contribution in [-0.2, 0) is 16.8 Å². The number of fused-ring (bicyclic) bond motifs is 1. The van der Waals surface area contributed by atoms with E-state index in [1.807, 2.05) is 13.0 Å². The Morgan fingerprint density at radius 2 is 1.82 bits per heavy atom. The van der Waals surface area contributed by atoms with Crippen LogP contribution >= 0.6 is 0 Å². The zero-order valence-electron chi connectivity index (χ0n) is 17.2. The molecule has 2 amide bonds. The van der Waals surface area contributed by atoms with Gasteiger partial charge in [-0.2, -0.15) is 13.2 Å². The molecule has 2 aromatic carbocycles. The van der Waals surface area contributed by atoms with Gasteiger partial charge in [0, 0.05) is 17.3 Å². The van der Waals surface area contributed by atoms with E-state index < -0.39 is 17.6 Å². The van der Waals surface area contributed by atoms with Gasteiger partial charge in [0.05, 0.1) is 12.1 Å². The number of amides is 2. The summed E-state index contributed by atoms with van der Waals surface area (Å²) in [6.07, 6.45) is -3.77. The number of halogens is 3. The van der Waals surface area contributed by atoms with E-state index in [9.17, 15) is 22.8 Å². The number of hydrogen-bond donors (Lipinski definition) is 1. The lowest BCUT2D eigenvalue weighted by atomic mass is 9.96. The van der Waals surface area contributed by atoms with Crippen LogP contribution < -0.4 is 10.6 Å². The molecule has 2 N–H and O–H groups in total. The molecule has 0 radical (unpaired) electrons. The second-order valence-corrected chi connectivity index (χ2v) is 7.91. The lowest BCUT2D eigenvalue weighted by molar-refractivity contribution is -0.156. The average Bonchev–Trinajstić information content (AvgIpc) is 3.51. The number of aromatic nitrogens is 2. The molecule has 0 saturated carbocycles. The van der Waals surface area contributed by atoms with E-state index in [1.165, 1.54) is 29.2 Å². The van der Waals surface area contributed by atoms with Crippen LogP contribution in [0.4, 0.5) is 24.7 Å². The van der Waals surface area contributed by atoms with Crippen molar-refractivity contribution in [3.8, 4) is 11.4 Å². The topological polar surface area (TPSA) is 102 Å². The monoisotopic (exact) mass is 451 g/mol. The molecule has 1 atom stereocenters. The molecule has 1 unspecified atom stereocenters. The first-order valence-corrected chi connectivity index (χ1v) is 9.95. The molecular weight excluding hydrogens is 435 g/mol. The molecule has 2 aliphatic heterocycles. The second-order valence-electron chi connectivity index (χ2n) is 7.91. The van der Waals surface area contributed by atoms with Gasteiger partial charge in [-0.1, -0.05) is 36.4 Å². The summed E-state index contributed by atoms with van der Waals surface area (Å²) >= 11 is 0. The molecule has 0 spiro atoms. The fraction of sp³-hybridized carbons (Fsp3) is 0.174. The third-order valence-corrected chi connectivity index (χ3v) is 5.67. The first kappa shape index (κ1) is 20.8. The Morgan fingerprint density at radius 3 is 2.39 bits per heavy atom. The van der Waals surface area contributed by atoms with E-state index in [-0.39, 0.29) is 35.2 Å². The molecule has 1 aromatic heterocycles. The van der Waals surface area contributed by atoms with Crippen LogP contribution in [0.5, 0.6) is 0 Å². The summed E-state index contributed by atoms with van der Waals surface area (Å²) in [6.45, 7) is 1.88. The predicted molar refractivity (Wildman–Crippen MR) is 114 cm³/mol. The number of carbonyl (C=O) groups is 2. The van der Waals surface area contributed by atoms with Crippen LogP contribution in [0.1, 0.15) is 27.2 Å². The highest BCUT2D eigenvalue weighted by Crippen LogP contribution is 2.48. The first-order chi connectivity index (χ1) is 15.6. The van der Waals surface area contributed by atoms with Gasteiger partial charge in [-0.05, 0) is 30.2 Å². The second kappa shape index (κ2) is 6.96. The SMILES string of the molecule is Cc1cccc(N2C(=O)Cc3c(C(N)=O)nc(-c4ccc(C5(C(F)(F)F)C=N5)cc4)nc32)c1. The number of anilines is 2. The van der Waals surface area contributed by atoms with Crippen molar-refractivity contribution in [1.29, 1.82) is 0 Å². The maximum atomic E-state index is 13.3. The highest BCUT2D eigenvalue weighted by atomic mass is 19.4. The predicted octanol–water partition coefficient (Wildman–Crippen LogP) is 3.61. The lowest BCUT2D eigenvalue weighted by Gasteiger charge is -2.19. The number of carbonyl (C=O) groups excluding carboxylic acids is 2. The summed E-state index contributed by atoms with van der Waals surface area (Å²) in [4.78, 5) is 38.5. The molecule has 10 heteroatoms. The van der Waals surface area contributed by atoms with Crippen molar-refractivity contribution in [2.75, 3.05) is 4.90 Å². The van der Waals surface area contributed by atoms with Gasteiger partial charge in [0.2, 0.25) is 11.4 Å². The minimum absolute atomic E-state index is 0.0356. The molecule has 0 aliphatic carbocycles. The quantitative estimate of drug-likeness (QED) is 0.655. The molecule has 7 nitrogen and oxygen atoms in total. The summed E-state index contributed by atoms with van der Waals surface area (Å²) in [7, 11) is 0. The van der Waals surface area contributed by atoms with Gasteiger partial charge >= 0.3 is 6.18 Å². The van der Waals surface area contributed by atoms with E-state index >= 15 is 0 Å². The van der Waals surface area contributed by atoms with Crippen LogP contribution in [-0.4, -0.2) is 34.2 Å². The van der Waals surface area contributed by atoms with Crippen molar-refractivity contribution in [3.63, 3.8) is 0 Å².